The fourth-order valence-electron chi connectivity index (χ4n) is 2.04. The van der Waals surface area contributed by atoms with Gasteiger partial charge in [0.1, 0.15) is 0 Å². The van der Waals surface area contributed by atoms with E-state index >= 15 is 0 Å². The van der Waals surface area contributed by atoms with Crippen molar-refractivity contribution in [2.75, 3.05) is 25.7 Å². The van der Waals surface area contributed by atoms with Crippen molar-refractivity contribution < 1.29 is 14.3 Å². The number of hydrogen-bond acceptors (Lipinski definition) is 3. The minimum absolute atomic E-state index is 0.0949. The van der Waals surface area contributed by atoms with Gasteiger partial charge in [-0.25, -0.2) is 0 Å². The van der Waals surface area contributed by atoms with Crippen LogP contribution < -0.4 is 14.4 Å². The number of rotatable bonds is 5. The van der Waals surface area contributed by atoms with Crippen LogP contribution in [0.4, 0.5) is 5.69 Å². The molecule has 0 atom stereocenters. The van der Waals surface area contributed by atoms with Gasteiger partial charge in [-0.1, -0.05) is 18.2 Å². The molecule has 0 aliphatic rings. The Morgan fingerprint density at radius 3 is 2.43 bits per heavy atom. The Balaban J connectivity index is 2.27. The van der Waals surface area contributed by atoms with Crippen molar-refractivity contribution in [2.45, 2.75) is 6.92 Å². The van der Waals surface area contributed by atoms with Crippen molar-refractivity contribution in [1.82, 2.24) is 0 Å². The lowest BCUT2D eigenvalue weighted by atomic mass is 10.1. The first-order valence-corrected chi connectivity index (χ1v) is 6.81. The highest BCUT2D eigenvalue weighted by molar-refractivity contribution is 6.06. The summed E-state index contributed by atoms with van der Waals surface area (Å²) in [6, 6.07) is 14.7. The third-order valence-electron chi connectivity index (χ3n) is 3.16. The van der Waals surface area contributed by atoms with Crippen molar-refractivity contribution in [3.8, 4) is 11.5 Å². The van der Waals surface area contributed by atoms with Crippen LogP contribution in [0, 0.1) is 0 Å². The fraction of sp³-hybridized carbons (Fsp3) is 0.235. The number of hydrogen-bond donors (Lipinski definition) is 0. The van der Waals surface area contributed by atoms with E-state index in [4.69, 9.17) is 9.47 Å². The summed E-state index contributed by atoms with van der Waals surface area (Å²) < 4.78 is 10.7. The van der Waals surface area contributed by atoms with Gasteiger partial charge in [-0.05, 0) is 37.3 Å². The number of amides is 1. The van der Waals surface area contributed by atoms with E-state index in [0.717, 1.165) is 5.69 Å². The van der Waals surface area contributed by atoms with Gasteiger partial charge in [0, 0.05) is 18.3 Å². The molecule has 0 saturated heterocycles. The summed E-state index contributed by atoms with van der Waals surface area (Å²) in [5.41, 5.74) is 1.40. The van der Waals surface area contributed by atoms with Crippen LogP contribution in [-0.4, -0.2) is 26.7 Å². The zero-order valence-electron chi connectivity index (χ0n) is 12.5. The van der Waals surface area contributed by atoms with Crippen LogP contribution in [-0.2, 0) is 0 Å². The van der Waals surface area contributed by atoms with Crippen molar-refractivity contribution in [2.24, 2.45) is 0 Å². The summed E-state index contributed by atoms with van der Waals surface area (Å²) in [5, 5.41) is 0. The molecule has 4 nitrogen and oxygen atoms in total. The molecule has 0 unspecified atom stereocenters. The van der Waals surface area contributed by atoms with Gasteiger partial charge < -0.3 is 14.4 Å². The third kappa shape index (κ3) is 3.34. The average molecular weight is 285 g/mol. The second-order valence-corrected chi connectivity index (χ2v) is 4.50. The summed E-state index contributed by atoms with van der Waals surface area (Å²) >= 11 is 0. The molecule has 110 valence electrons. The molecule has 2 aromatic rings. The minimum atomic E-state index is -0.0949. The van der Waals surface area contributed by atoms with Crippen molar-refractivity contribution in [3.05, 3.63) is 54.1 Å². The Hall–Kier alpha value is -2.49. The molecule has 2 rings (SSSR count). The molecule has 4 heteroatoms. The number of carbonyl (C=O) groups excluding carboxylic acids is 1. The lowest BCUT2D eigenvalue weighted by molar-refractivity contribution is 0.0992. The molecule has 21 heavy (non-hydrogen) atoms. The van der Waals surface area contributed by atoms with Crippen LogP contribution >= 0.6 is 0 Å². The molecule has 0 saturated carbocycles. The van der Waals surface area contributed by atoms with Gasteiger partial charge in [-0.15, -0.1) is 0 Å². The zero-order chi connectivity index (χ0) is 15.2. The highest BCUT2D eigenvalue weighted by atomic mass is 16.5. The Bertz CT molecular complexity index is 611. The van der Waals surface area contributed by atoms with Gasteiger partial charge in [-0.2, -0.15) is 0 Å². The molecule has 0 aromatic heterocycles. The van der Waals surface area contributed by atoms with Gasteiger partial charge in [0.25, 0.3) is 5.91 Å². The van der Waals surface area contributed by atoms with Crippen molar-refractivity contribution in [1.29, 1.82) is 0 Å². The number of para-hydroxylation sites is 1. The van der Waals surface area contributed by atoms with Crippen molar-refractivity contribution >= 4 is 11.6 Å². The van der Waals surface area contributed by atoms with Crippen LogP contribution in [0.3, 0.4) is 0 Å². The Morgan fingerprint density at radius 2 is 1.81 bits per heavy atom. The van der Waals surface area contributed by atoms with Crippen LogP contribution in [0.5, 0.6) is 11.5 Å². The molecule has 0 fully saturated rings. The molecule has 1 amide bonds. The highest BCUT2D eigenvalue weighted by Crippen LogP contribution is 2.29. The number of nitrogens with zero attached hydrogens (tertiary/aromatic N) is 1. The number of methoxy groups -OCH3 is 1. The molecule has 0 aliphatic carbocycles. The van der Waals surface area contributed by atoms with E-state index in [2.05, 4.69) is 0 Å². The summed E-state index contributed by atoms with van der Waals surface area (Å²) in [4.78, 5) is 14.1. The second-order valence-electron chi connectivity index (χ2n) is 4.50. The number of benzene rings is 2. The minimum Gasteiger partial charge on any atom is -0.493 e. The zero-order valence-corrected chi connectivity index (χ0v) is 12.5. The Morgan fingerprint density at radius 1 is 1.10 bits per heavy atom. The smallest absolute Gasteiger partial charge is 0.258 e. The molecule has 0 heterocycles. The molecule has 0 N–H and O–H groups in total. The molecular weight excluding hydrogens is 266 g/mol. The van der Waals surface area contributed by atoms with Gasteiger partial charge >= 0.3 is 0 Å². The van der Waals surface area contributed by atoms with E-state index in [9.17, 15) is 4.79 Å². The molecule has 0 spiro atoms. The van der Waals surface area contributed by atoms with E-state index < -0.39 is 0 Å². The lowest BCUT2D eigenvalue weighted by Crippen LogP contribution is -2.26. The quantitative estimate of drug-likeness (QED) is 0.845. The van der Waals surface area contributed by atoms with Gasteiger partial charge in [0.2, 0.25) is 0 Å². The molecule has 0 radical (unpaired) electrons. The third-order valence-corrected chi connectivity index (χ3v) is 3.16. The van der Waals surface area contributed by atoms with Gasteiger partial charge in [-0.3, -0.25) is 4.79 Å². The van der Waals surface area contributed by atoms with Crippen LogP contribution in [0.15, 0.2) is 48.5 Å². The SMILES string of the molecule is CCOc1ccc(C(=O)N(C)c2ccccc2)cc1OC. The maximum Gasteiger partial charge on any atom is 0.258 e. The maximum atomic E-state index is 12.5. The molecule has 0 aliphatic heterocycles. The first-order chi connectivity index (χ1) is 10.2. The maximum absolute atomic E-state index is 12.5. The second kappa shape index (κ2) is 6.79. The molecule has 0 bridgehead atoms. The number of carbonyl (C=O) groups is 1. The molecule has 2 aromatic carbocycles. The topological polar surface area (TPSA) is 38.8 Å². The van der Waals surface area contributed by atoms with E-state index in [1.54, 1.807) is 37.3 Å². The van der Waals surface area contributed by atoms with Crippen LogP contribution in [0.2, 0.25) is 0 Å². The van der Waals surface area contributed by atoms with E-state index in [1.165, 1.54) is 0 Å². The monoisotopic (exact) mass is 285 g/mol. The predicted molar refractivity (Wildman–Crippen MR) is 83.3 cm³/mol. The summed E-state index contributed by atoms with van der Waals surface area (Å²) in [6.45, 7) is 2.45. The first kappa shape index (κ1) is 14.9. The van der Waals surface area contributed by atoms with Crippen LogP contribution in [0.25, 0.3) is 0 Å². The fourth-order valence-corrected chi connectivity index (χ4v) is 2.04. The Kier molecular flexibility index (Phi) is 4.82. The Labute approximate surface area is 124 Å². The predicted octanol–water partition coefficient (Wildman–Crippen LogP) is 3.37. The average Bonchev–Trinajstić information content (AvgIpc) is 2.55. The summed E-state index contributed by atoms with van der Waals surface area (Å²) in [7, 11) is 3.31. The van der Waals surface area contributed by atoms with E-state index in [0.29, 0.717) is 23.7 Å². The van der Waals surface area contributed by atoms with E-state index in [-0.39, 0.29) is 5.91 Å². The van der Waals surface area contributed by atoms with Gasteiger partial charge in [0.15, 0.2) is 11.5 Å². The van der Waals surface area contributed by atoms with Crippen LogP contribution in [0.1, 0.15) is 17.3 Å². The van der Waals surface area contributed by atoms with Gasteiger partial charge in [0.05, 0.1) is 13.7 Å². The first-order valence-electron chi connectivity index (χ1n) is 6.81. The van der Waals surface area contributed by atoms with Crippen molar-refractivity contribution in [3.63, 3.8) is 0 Å². The van der Waals surface area contributed by atoms with E-state index in [1.807, 2.05) is 37.3 Å². The summed E-state index contributed by atoms with van der Waals surface area (Å²) in [6.07, 6.45) is 0. The largest absolute Gasteiger partial charge is 0.493 e. The standard InChI is InChI=1S/C17H19NO3/c1-4-21-15-11-10-13(12-16(15)20-3)17(19)18(2)14-8-6-5-7-9-14/h5-12H,4H2,1-3H3. The normalized spacial score (nSPS) is 10.0. The number of ether oxygens (including phenoxy) is 2. The summed E-state index contributed by atoms with van der Waals surface area (Å²) in [5.74, 6) is 1.10. The molecular formula is C17H19NO3. The number of anilines is 1. The lowest BCUT2D eigenvalue weighted by Gasteiger charge is -2.18. The highest BCUT2D eigenvalue weighted by Gasteiger charge is 2.15.